The molecule has 2 aromatic rings. The molecule has 0 aliphatic heterocycles. The monoisotopic (exact) mass is 330 g/mol. The van der Waals surface area contributed by atoms with Gasteiger partial charge in [0.2, 0.25) is 0 Å². The van der Waals surface area contributed by atoms with E-state index in [1.807, 2.05) is 0 Å². The molecule has 0 spiro atoms. The fourth-order valence-electron chi connectivity index (χ4n) is 1.63. The summed E-state index contributed by atoms with van der Waals surface area (Å²) in [5.41, 5.74) is 5.87. The number of nitrogens with two attached hydrogens (primary N) is 1. The Morgan fingerprint density at radius 2 is 1.58 bits per heavy atom. The molecule has 0 radical (unpaired) electrons. The molecule has 0 fully saturated rings. The molecule has 0 aliphatic carbocycles. The molecule has 0 atom stereocenters. The van der Waals surface area contributed by atoms with Crippen molar-refractivity contribution >= 4 is 33.0 Å². The Labute approximate surface area is 116 Å². The van der Waals surface area contributed by atoms with Gasteiger partial charge in [-0.25, -0.2) is 13.2 Å². The van der Waals surface area contributed by atoms with Crippen LogP contribution in [0.5, 0.6) is 0 Å². The van der Waals surface area contributed by atoms with Crippen molar-refractivity contribution in [2.45, 2.75) is 6.92 Å². The Morgan fingerprint density at radius 1 is 1.00 bits per heavy atom. The van der Waals surface area contributed by atoms with Gasteiger partial charge in [-0.1, -0.05) is 0 Å². The molecule has 0 aliphatic rings. The lowest BCUT2D eigenvalue weighted by atomic mass is 10.1. The number of anilines is 3. The molecule has 0 amide bonds. The van der Waals surface area contributed by atoms with Gasteiger partial charge in [0.25, 0.3) is 0 Å². The van der Waals surface area contributed by atoms with Crippen LogP contribution in [0.1, 0.15) is 5.56 Å². The van der Waals surface area contributed by atoms with Gasteiger partial charge in [-0.3, -0.25) is 0 Å². The number of rotatable bonds is 2. The van der Waals surface area contributed by atoms with Crippen LogP contribution in [0.2, 0.25) is 0 Å². The normalized spacial score (nSPS) is 10.6. The lowest BCUT2D eigenvalue weighted by Crippen LogP contribution is -2.01. The van der Waals surface area contributed by atoms with Gasteiger partial charge in [0.05, 0.1) is 4.47 Å². The Morgan fingerprint density at radius 3 is 2.16 bits per heavy atom. The van der Waals surface area contributed by atoms with Gasteiger partial charge >= 0.3 is 0 Å². The van der Waals surface area contributed by atoms with Crippen LogP contribution in [0, 0.1) is 24.4 Å². The number of nitrogen functional groups attached to an aromatic ring is 1. The zero-order valence-electron chi connectivity index (χ0n) is 9.90. The zero-order chi connectivity index (χ0) is 14.2. The van der Waals surface area contributed by atoms with Crippen LogP contribution in [-0.4, -0.2) is 0 Å². The minimum Gasteiger partial charge on any atom is -0.399 e. The molecule has 0 saturated heterocycles. The molecule has 100 valence electrons. The van der Waals surface area contributed by atoms with Gasteiger partial charge in [-0.15, -0.1) is 0 Å². The van der Waals surface area contributed by atoms with Crippen LogP contribution in [0.15, 0.2) is 28.7 Å². The van der Waals surface area contributed by atoms with E-state index in [9.17, 15) is 13.2 Å². The van der Waals surface area contributed by atoms with Crippen molar-refractivity contribution in [2.24, 2.45) is 0 Å². The first kappa shape index (κ1) is 13.7. The molecule has 3 N–H and O–H groups in total. The summed E-state index contributed by atoms with van der Waals surface area (Å²) in [6.07, 6.45) is 0. The highest BCUT2D eigenvalue weighted by molar-refractivity contribution is 9.10. The molecule has 0 bridgehead atoms. The second kappa shape index (κ2) is 5.13. The highest BCUT2D eigenvalue weighted by Crippen LogP contribution is 2.30. The number of benzene rings is 2. The topological polar surface area (TPSA) is 38.0 Å². The van der Waals surface area contributed by atoms with E-state index < -0.39 is 17.5 Å². The van der Waals surface area contributed by atoms with E-state index in [0.717, 1.165) is 18.2 Å². The smallest absolute Gasteiger partial charge is 0.151 e. The standard InChI is InChI=1S/C13H10BrF3N2/c1-6-2-8(14)9(15)5-12(6)19-13-10(16)3-7(18)4-11(13)17/h2-5,19H,18H2,1H3. The first-order valence-electron chi connectivity index (χ1n) is 5.35. The molecule has 6 heteroatoms. The fourth-order valence-corrected chi connectivity index (χ4v) is 2.09. The summed E-state index contributed by atoms with van der Waals surface area (Å²) in [7, 11) is 0. The van der Waals surface area contributed by atoms with Crippen molar-refractivity contribution in [1.29, 1.82) is 0 Å². The van der Waals surface area contributed by atoms with Crippen LogP contribution < -0.4 is 11.1 Å². The maximum Gasteiger partial charge on any atom is 0.151 e. The van der Waals surface area contributed by atoms with E-state index in [4.69, 9.17) is 5.73 Å². The highest BCUT2D eigenvalue weighted by Gasteiger charge is 2.13. The van der Waals surface area contributed by atoms with Gasteiger partial charge in [-0.2, -0.15) is 0 Å². The average Bonchev–Trinajstić information content (AvgIpc) is 2.29. The largest absolute Gasteiger partial charge is 0.399 e. The van der Waals surface area contributed by atoms with Crippen molar-refractivity contribution < 1.29 is 13.2 Å². The summed E-state index contributed by atoms with van der Waals surface area (Å²) < 4.78 is 41.0. The summed E-state index contributed by atoms with van der Waals surface area (Å²) in [6, 6.07) is 4.67. The van der Waals surface area contributed by atoms with Gasteiger partial charge in [0.15, 0.2) is 11.6 Å². The third kappa shape index (κ3) is 2.84. The third-order valence-corrected chi connectivity index (χ3v) is 3.20. The van der Waals surface area contributed by atoms with Gasteiger partial charge < -0.3 is 11.1 Å². The van der Waals surface area contributed by atoms with Gasteiger partial charge in [-0.05, 0) is 52.7 Å². The Hall–Kier alpha value is -1.69. The molecule has 0 heterocycles. The summed E-state index contributed by atoms with van der Waals surface area (Å²) >= 11 is 3.04. The lowest BCUT2D eigenvalue weighted by Gasteiger charge is -2.12. The number of nitrogens with one attached hydrogen (secondary N) is 1. The molecule has 0 unspecified atom stereocenters. The second-order valence-corrected chi connectivity index (χ2v) is 4.92. The second-order valence-electron chi connectivity index (χ2n) is 4.07. The van der Waals surface area contributed by atoms with Crippen LogP contribution >= 0.6 is 15.9 Å². The molecule has 0 saturated carbocycles. The predicted molar refractivity (Wildman–Crippen MR) is 72.9 cm³/mol. The number of hydrogen-bond donors (Lipinski definition) is 2. The van der Waals surface area contributed by atoms with E-state index in [-0.39, 0.29) is 21.5 Å². The van der Waals surface area contributed by atoms with Crippen molar-refractivity contribution in [1.82, 2.24) is 0 Å². The van der Waals surface area contributed by atoms with Gasteiger partial charge in [0, 0.05) is 11.4 Å². The highest BCUT2D eigenvalue weighted by atomic mass is 79.9. The number of aryl methyl sites for hydroxylation is 1. The summed E-state index contributed by atoms with van der Waals surface area (Å²) in [5.74, 6) is -2.19. The Balaban J connectivity index is 2.45. The zero-order valence-corrected chi connectivity index (χ0v) is 11.5. The summed E-state index contributed by atoms with van der Waals surface area (Å²) in [4.78, 5) is 0. The van der Waals surface area contributed by atoms with E-state index in [0.29, 0.717) is 5.56 Å². The van der Waals surface area contributed by atoms with Gasteiger partial charge in [0.1, 0.15) is 11.5 Å². The molecule has 2 nitrogen and oxygen atoms in total. The lowest BCUT2D eigenvalue weighted by molar-refractivity contribution is 0.591. The van der Waals surface area contributed by atoms with Crippen molar-refractivity contribution in [3.05, 3.63) is 51.8 Å². The van der Waals surface area contributed by atoms with Crippen LogP contribution in [0.25, 0.3) is 0 Å². The maximum atomic E-state index is 13.6. The van der Waals surface area contributed by atoms with Crippen LogP contribution in [-0.2, 0) is 0 Å². The molecule has 2 aromatic carbocycles. The summed E-state index contributed by atoms with van der Waals surface area (Å²) in [5, 5.41) is 2.54. The van der Waals surface area contributed by atoms with Crippen LogP contribution in [0.3, 0.4) is 0 Å². The maximum absolute atomic E-state index is 13.6. The molecule has 0 aromatic heterocycles. The molecule has 19 heavy (non-hydrogen) atoms. The third-order valence-electron chi connectivity index (χ3n) is 2.59. The van der Waals surface area contributed by atoms with Crippen molar-refractivity contribution in [2.75, 3.05) is 11.1 Å². The van der Waals surface area contributed by atoms with E-state index in [1.165, 1.54) is 6.07 Å². The minimum atomic E-state index is -0.833. The summed E-state index contributed by atoms with van der Waals surface area (Å²) in [6.45, 7) is 1.69. The minimum absolute atomic E-state index is 0.0146. The molecular weight excluding hydrogens is 321 g/mol. The number of halogens is 4. The first-order valence-corrected chi connectivity index (χ1v) is 6.15. The predicted octanol–water partition coefficient (Wildman–Crippen LogP) is 4.50. The van der Waals surface area contributed by atoms with E-state index in [2.05, 4.69) is 21.2 Å². The Kier molecular flexibility index (Phi) is 3.71. The number of hydrogen-bond acceptors (Lipinski definition) is 2. The van der Waals surface area contributed by atoms with Crippen LogP contribution in [0.4, 0.5) is 30.2 Å². The van der Waals surface area contributed by atoms with E-state index in [1.54, 1.807) is 6.92 Å². The molecular formula is C13H10BrF3N2. The van der Waals surface area contributed by atoms with Crippen molar-refractivity contribution in [3.63, 3.8) is 0 Å². The van der Waals surface area contributed by atoms with E-state index >= 15 is 0 Å². The quantitative estimate of drug-likeness (QED) is 0.795. The SMILES string of the molecule is Cc1cc(Br)c(F)cc1Nc1c(F)cc(N)cc1F. The Bertz CT molecular complexity index is 621. The fraction of sp³-hybridized carbons (Fsp3) is 0.0769. The van der Waals surface area contributed by atoms with Crippen molar-refractivity contribution in [3.8, 4) is 0 Å². The average molecular weight is 331 g/mol. The molecule has 2 rings (SSSR count). The first-order chi connectivity index (χ1) is 8.88.